The van der Waals surface area contributed by atoms with Crippen molar-refractivity contribution in [3.05, 3.63) is 48.3 Å². The Morgan fingerprint density at radius 2 is 1.70 bits per heavy atom. The molecule has 2 aliphatic heterocycles. The number of hydrogen-bond donors (Lipinski definition) is 3. The van der Waals surface area contributed by atoms with Crippen LogP contribution in [-0.4, -0.2) is 67.3 Å². The zero-order chi connectivity index (χ0) is 27.4. The maximum atomic E-state index is 6.97. The maximum absolute atomic E-state index is 6.97. The lowest BCUT2D eigenvalue weighted by molar-refractivity contribution is 0.135. The minimum absolute atomic E-state index is 0.204. The number of nitrogens with two attached hydrogens (primary N) is 2. The first kappa shape index (κ1) is 25.2. The van der Waals surface area contributed by atoms with Crippen molar-refractivity contribution in [1.82, 2.24) is 20.3 Å². The first-order valence-electron chi connectivity index (χ1n) is 14.1. The van der Waals surface area contributed by atoms with Gasteiger partial charge in [-0.05, 0) is 49.3 Å². The monoisotopic (exact) mass is 543 g/mol. The smallest absolute Gasteiger partial charge is 0.234 e. The molecule has 40 heavy (non-hydrogen) atoms. The van der Waals surface area contributed by atoms with E-state index in [9.17, 15) is 0 Å². The summed E-state index contributed by atoms with van der Waals surface area (Å²) in [6.07, 6.45) is 7.24. The Morgan fingerprint density at radius 1 is 0.950 bits per heavy atom. The van der Waals surface area contributed by atoms with Crippen molar-refractivity contribution < 1.29 is 9.47 Å². The molecule has 0 radical (unpaired) electrons. The van der Waals surface area contributed by atoms with Crippen LogP contribution in [0.3, 0.4) is 0 Å². The van der Waals surface area contributed by atoms with E-state index in [4.69, 9.17) is 20.9 Å². The van der Waals surface area contributed by atoms with E-state index >= 15 is 0 Å². The van der Waals surface area contributed by atoms with Crippen LogP contribution in [0.15, 0.2) is 47.7 Å². The Balaban J connectivity index is 1.12. The molecule has 7 rings (SSSR count). The third-order valence-corrected chi connectivity index (χ3v) is 9.33. The number of methoxy groups -OCH3 is 2. The third-order valence-electron chi connectivity index (χ3n) is 9.33. The molecule has 4 unspecified atom stereocenters. The number of nitrogens with zero attached hydrogens (tertiary/aromatic N) is 6. The van der Waals surface area contributed by atoms with E-state index in [1.165, 1.54) is 37.7 Å². The van der Waals surface area contributed by atoms with Gasteiger partial charge in [0, 0.05) is 54.9 Å². The molecule has 2 aromatic carbocycles. The van der Waals surface area contributed by atoms with Crippen molar-refractivity contribution >= 4 is 28.4 Å². The van der Waals surface area contributed by atoms with E-state index in [0.29, 0.717) is 22.8 Å². The molecule has 2 saturated carbocycles. The number of anilines is 2. The van der Waals surface area contributed by atoms with Gasteiger partial charge in [0.2, 0.25) is 11.7 Å². The van der Waals surface area contributed by atoms with Gasteiger partial charge >= 0.3 is 0 Å². The number of aliphatic imine (C=N–C) groups is 1. The van der Waals surface area contributed by atoms with E-state index < -0.39 is 5.79 Å². The van der Waals surface area contributed by atoms with Gasteiger partial charge in [-0.15, -0.1) is 0 Å². The van der Waals surface area contributed by atoms with Gasteiger partial charge in [-0.1, -0.05) is 18.6 Å². The van der Waals surface area contributed by atoms with Crippen LogP contribution in [0.2, 0.25) is 0 Å². The first-order valence-corrected chi connectivity index (χ1v) is 14.1. The highest BCUT2D eigenvalue weighted by atomic mass is 16.5. The predicted octanol–water partition coefficient (Wildman–Crippen LogP) is 2.37. The van der Waals surface area contributed by atoms with Gasteiger partial charge in [0.15, 0.2) is 17.3 Å². The molecule has 210 valence electrons. The molecule has 3 fully saturated rings. The molecule has 4 aliphatic rings. The molecule has 4 atom stereocenters. The topological polar surface area (TPSA) is 130 Å². The number of ether oxygens (including phenoxy) is 2. The molecule has 0 spiro atoms. The highest BCUT2D eigenvalue weighted by Gasteiger charge is 2.44. The van der Waals surface area contributed by atoms with E-state index in [-0.39, 0.29) is 5.96 Å². The van der Waals surface area contributed by atoms with E-state index in [2.05, 4.69) is 42.3 Å². The summed E-state index contributed by atoms with van der Waals surface area (Å²) >= 11 is 0. The second-order valence-corrected chi connectivity index (χ2v) is 11.4. The van der Waals surface area contributed by atoms with Crippen LogP contribution in [0.4, 0.5) is 11.5 Å². The summed E-state index contributed by atoms with van der Waals surface area (Å²) in [5.74, 6) is 2.48. The zero-order valence-electron chi connectivity index (χ0n) is 23.1. The number of nitrogens with one attached hydrogen (secondary N) is 1. The average molecular weight is 544 g/mol. The van der Waals surface area contributed by atoms with Crippen LogP contribution in [-0.2, 0) is 5.79 Å². The molecule has 3 aromatic rings. The van der Waals surface area contributed by atoms with Crippen LogP contribution >= 0.6 is 0 Å². The summed E-state index contributed by atoms with van der Waals surface area (Å²) < 4.78 is 11.0. The molecule has 11 nitrogen and oxygen atoms in total. The third kappa shape index (κ3) is 4.06. The number of piperazine rings is 1. The quantitative estimate of drug-likeness (QED) is 0.426. The molecule has 0 amide bonds. The number of guanidine groups is 1. The second-order valence-electron chi connectivity index (χ2n) is 11.4. The summed E-state index contributed by atoms with van der Waals surface area (Å²) in [6, 6.07) is 12.8. The largest absolute Gasteiger partial charge is 0.493 e. The van der Waals surface area contributed by atoms with Gasteiger partial charge in [-0.3, -0.25) is 16.1 Å². The molecule has 11 heteroatoms. The minimum atomic E-state index is -1.31. The molecule has 2 bridgehead atoms. The molecular weight excluding hydrogens is 506 g/mol. The van der Waals surface area contributed by atoms with Crippen molar-refractivity contribution in [1.29, 1.82) is 0 Å². The van der Waals surface area contributed by atoms with Crippen LogP contribution in [0.1, 0.15) is 31.2 Å². The number of hydrazine groups is 1. The Kier molecular flexibility index (Phi) is 6.08. The van der Waals surface area contributed by atoms with Gasteiger partial charge in [0.05, 0.1) is 19.7 Å². The fraction of sp³-hybridized carbons (Fsp3) is 0.483. The van der Waals surface area contributed by atoms with Gasteiger partial charge in [0.1, 0.15) is 6.33 Å². The van der Waals surface area contributed by atoms with Crippen molar-refractivity contribution in [3.63, 3.8) is 0 Å². The minimum Gasteiger partial charge on any atom is -0.493 e. The Hall–Kier alpha value is -3.83. The summed E-state index contributed by atoms with van der Waals surface area (Å²) in [5.41, 5.74) is 18.9. The fourth-order valence-corrected chi connectivity index (χ4v) is 7.30. The molecular formula is C29H37N9O2. The van der Waals surface area contributed by atoms with Crippen molar-refractivity contribution in [3.8, 4) is 11.5 Å². The van der Waals surface area contributed by atoms with E-state index in [1.54, 1.807) is 19.2 Å². The van der Waals surface area contributed by atoms with Gasteiger partial charge in [-0.2, -0.15) is 0 Å². The van der Waals surface area contributed by atoms with Crippen LogP contribution in [0, 0.1) is 11.8 Å². The first-order chi connectivity index (χ1) is 19.5. The Bertz CT molecular complexity index is 1440. The Labute approximate surface area is 234 Å². The predicted molar refractivity (Wildman–Crippen MR) is 155 cm³/mol. The molecule has 5 N–H and O–H groups in total. The second kappa shape index (κ2) is 9.67. The number of benzene rings is 2. The van der Waals surface area contributed by atoms with Gasteiger partial charge in [0.25, 0.3) is 0 Å². The molecule has 3 heterocycles. The zero-order valence-corrected chi connectivity index (χ0v) is 23.1. The van der Waals surface area contributed by atoms with E-state index in [1.807, 2.05) is 24.3 Å². The number of fused-ring (bicyclic) bond motifs is 3. The van der Waals surface area contributed by atoms with Crippen LogP contribution in [0.5, 0.6) is 11.5 Å². The number of aromatic nitrogens is 2. The molecule has 1 aromatic heterocycles. The number of hydrogen-bond acceptors (Lipinski definition) is 11. The summed E-state index contributed by atoms with van der Waals surface area (Å²) in [4.78, 5) is 18.8. The maximum Gasteiger partial charge on any atom is 0.234 e. The van der Waals surface area contributed by atoms with Crippen LogP contribution < -0.4 is 36.3 Å². The lowest BCUT2D eigenvalue weighted by Gasteiger charge is -2.42. The fourth-order valence-electron chi connectivity index (χ4n) is 7.30. The number of rotatable bonds is 6. The molecule has 1 saturated heterocycles. The SMILES string of the molecule is COc1cc2ncnc(N3NC(N)=NC3(N)c3ccc(N4CCN(C5CC6CCC5C6)CC4)cc3)c2cc1OC. The Morgan fingerprint density at radius 3 is 2.38 bits per heavy atom. The molecule has 2 aliphatic carbocycles. The highest BCUT2D eigenvalue weighted by molar-refractivity contribution is 5.94. The standard InChI is InChI=1S/C29H37N9O2/c1-39-25-15-22-23(16-26(25)40-2)32-17-33-27(22)38-29(31,34-28(30)35-38)20-5-7-21(8-6-20)36-9-11-37(12-10-36)24-14-18-3-4-19(24)13-18/h5-8,15-19,24H,3-4,9-14,31H2,1-2H3,(H3,30,34,35). The summed E-state index contributed by atoms with van der Waals surface area (Å²) in [6.45, 7) is 4.34. The van der Waals surface area contributed by atoms with E-state index in [0.717, 1.165) is 55.0 Å². The van der Waals surface area contributed by atoms with Crippen LogP contribution in [0.25, 0.3) is 10.9 Å². The van der Waals surface area contributed by atoms with Crippen molar-refractivity contribution in [2.24, 2.45) is 28.3 Å². The van der Waals surface area contributed by atoms with Gasteiger partial charge in [-0.25, -0.2) is 20.0 Å². The normalized spacial score (nSPS) is 28.2. The highest BCUT2D eigenvalue weighted by Crippen LogP contribution is 2.47. The van der Waals surface area contributed by atoms with Gasteiger partial charge < -0.3 is 20.1 Å². The lowest BCUT2D eigenvalue weighted by atomic mass is 9.93. The van der Waals surface area contributed by atoms with Crippen molar-refractivity contribution in [2.45, 2.75) is 37.5 Å². The summed E-state index contributed by atoms with van der Waals surface area (Å²) in [5, 5.41) is 2.40. The summed E-state index contributed by atoms with van der Waals surface area (Å²) in [7, 11) is 3.19. The lowest BCUT2D eigenvalue weighted by Crippen LogP contribution is -2.55. The van der Waals surface area contributed by atoms with Crippen molar-refractivity contribution in [2.75, 3.05) is 50.3 Å². The average Bonchev–Trinajstić information content (AvgIpc) is 3.71.